The molecule has 1 amide bonds. The van der Waals surface area contributed by atoms with Gasteiger partial charge in [0.25, 0.3) is 5.91 Å². The normalized spacial score (nSPS) is 10.5. The topological polar surface area (TPSA) is 73.3 Å². The Kier molecular flexibility index (Phi) is 6.31. The summed E-state index contributed by atoms with van der Waals surface area (Å²) in [5.41, 5.74) is 2.60. The third-order valence-corrected chi connectivity index (χ3v) is 5.83. The Hall–Kier alpha value is -2.58. The van der Waals surface area contributed by atoms with Crippen molar-refractivity contribution in [3.05, 3.63) is 59.2 Å². The Bertz CT molecular complexity index is 921. The van der Waals surface area contributed by atoms with Crippen molar-refractivity contribution in [3.8, 4) is 11.5 Å². The Balaban J connectivity index is 1.63. The van der Waals surface area contributed by atoms with Crippen LogP contribution in [0.5, 0.6) is 11.5 Å². The average molecular weight is 402 g/mol. The molecule has 0 atom stereocenters. The zero-order valence-electron chi connectivity index (χ0n) is 15.2. The van der Waals surface area contributed by atoms with Crippen LogP contribution in [0.1, 0.15) is 21.5 Å². The number of carbonyl (C=O) groups is 1. The molecule has 0 spiro atoms. The van der Waals surface area contributed by atoms with Crippen molar-refractivity contribution in [2.45, 2.75) is 17.0 Å². The Morgan fingerprint density at radius 3 is 2.48 bits per heavy atom. The van der Waals surface area contributed by atoms with Crippen LogP contribution in [-0.4, -0.2) is 30.3 Å². The first-order valence-corrected chi connectivity index (χ1v) is 9.94. The van der Waals surface area contributed by atoms with E-state index in [1.54, 1.807) is 32.0 Å². The summed E-state index contributed by atoms with van der Waals surface area (Å²) in [6.45, 7) is 1.90. The summed E-state index contributed by atoms with van der Waals surface area (Å²) in [7, 11) is 3.25. The third kappa shape index (κ3) is 4.99. The first kappa shape index (κ1) is 19.2. The van der Waals surface area contributed by atoms with Crippen molar-refractivity contribution in [1.29, 1.82) is 0 Å². The molecule has 8 heteroatoms. The number of thioether (sulfide) groups is 1. The fraction of sp³-hybridized carbons (Fsp3) is 0.211. The summed E-state index contributed by atoms with van der Waals surface area (Å²) in [6, 6.07) is 13.2. The van der Waals surface area contributed by atoms with E-state index in [1.807, 2.05) is 43.3 Å². The number of anilines is 1. The first-order valence-electron chi connectivity index (χ1n) is 8.14. The van der Waals surface area contributed by atoms with E-state index in [9.17, 15) is 4.79 Å². The van der Waals surface area contributed by atoms with Crippen molar-refractivity contribution in [2.24, 2.45) is 0 Å². The predicted molar refractivity (Wildman–Crippen MR) is 108 cm³/mol. The molecule has 0 aliphatic rings. The number of carbonyl (C=O) groups excluding carboxylic acids is 1. The van der Waals surface area contributed by atoms with Crippen LogP contribution in [0.25, 0.3) is 0 Å². The highest BCUT2D eigenvalue weighted by molar-refractivity contribution is 8.00. The molecule has 0 fully saturated rings. The molecule has 140 valence electrons. The number of nitrogens with one attached hydrogen (secondary N) is 1. The molecule has 0 unspecified atom stereocenters. The maximum Gasteiger partial charge on any atom is 0.257 e. The third-order valence-electron chi connectivity index (χ3n) is 3.79. The number of benzene rings is 2. The van der Waals surface area contributed by atoms with E-state index in [1.165, 1.54) is 11.3 Å². The summed E-state index contributed by atoms with van der Waals surface area (Å²) in [5.74, 6) is 1.99. The van der Waals surface area contributed by atoms with Gasteiger partial charge in [0.1, 0.15) is 11.5 Å². The molecule has 0 aliphatic heterocycles. The van der Waals surface area contributed by atoms with E-state index in [0.717, 1.165) is 27.0 Å². The molecule has 27 heavy (non-hydrogen) atoms. The molecule has 1 N–H and O–H groups in total. The van der Waals surface area contributed by atoms with E-state index in [4.69, 9.17) is 9.47 Å². The molecule has 2 aromatic carbocycles. The molecule has 0 radical (unpaired) electrons. The highest BCUT2D eigenvalue weighted by Crippen LogP contribution is 2.31. The molecule has 3 aromatic rings. The standard InChI is InChI=1S/C19H19N3O3S2/c1-12-6-4-5-7-16(12)17(23)20-18-21-22-19(27-18)26-11-13-8-14(24-2)10-15(9-13)25-3/h4-10H,11H2,1-3H3,(H,20,21,23). The Morgan fingerprint density at radius 2 is 1.81 bits per heavy atom. The van der Waals surface area contributed by atoms with E-state index >= 15 is 0 Å². The molecule has 3 rings (SSSR count). The van der Waals surface area contributed by atoms with Crippen LogP contribution in [0, 0.1) is 6.92 Å². The van der Waals surface area contributed by atoms with Gasteiger partial charge >= 0.3 is 0 Å². The number of ether oxygens (including phenoxy) is 2. The van der Waals surface area contributed by atoms with Gasteiger partial charge in [0.05, 0.1) is 14.2 Å². The predicted octanol–water partition coefficient (Wildman–Crippen LogP) is 4.41. The Labute approximate surface area is 165 Å². The van der Waals surface area contributed by atoms with Gasteiger partial charge in [-0.25, -0.2) is 0 Å². The molecular formula is C19H19N3O3S2. The fourth-order valence-corrected chi connectivity index (χ4v) is 4.08. The first-order chi connectivity index (χ1) is 13.1. The van der Waals surface area contributed by atoms with Gasteiger partial charge in [-0.1, -0.05) is 41.3 Å². The smallest absolute Gasteiger partial charge is 0.257 e. The number of nitrogens with zero attached hydrogens (tertiary/aromatic N) is 2. The lowest BCUT2D eigenvalue weighted by molar-refractivity contribution is 0.102. The van der Waals surface area contributed by atoms with E-state index in [-0.39, 0.29) is 5.91 Å². The number of aromatic nitrogens is 2. The largest absolute Gasteiger partial charge is 0.497 e. The summed E-state index contributed by atoms with van der Waals surface area (Å²) in [6.07, 6.45) is 0. The van der Waals surface area contributed by atoms with Crippen LogP contribution in [-0.2, 0) is 5.75 Å². The molecule has 6 nitrogen and oxygen atoms in total. The molecule has 1 aromatic heterocycles. The molecule has 0 bridgehead atoms. The molecular weight excluding hydrogens is 382 g/mol. The summed E-state index contributed by atoms with van der Waals surface area (Å²) in [4.78, 5) is 12.4. The van der Waals surface area contributed by atoms with Crippen molar-refractivity contribution in [3.63, 3.8) is 0 Å². The lowest BCUT2D eigenvalue weighted by Crippen LogP contribution is -2.12. The number of amides is 1. The van der Waals surface area contributed by atoms with Gasteiger partial charge in [-0.3, -0.25) is 10.1 Å². The molecule has 1 heterocycles. The van der Waals surface area contributed by atoms with Crippen LogP contribution in [0.4, 0.5) is 5.13 Å². The quantitative estimate of drug-likeness (QED) is 0.467. The second-order valence-electron chi connectivity index (χ2n) is 5.65. The van der Waals surface area contributed by atoms with Crippen LogP contribution >= 0.6 is 23.1 Å². The minimum absolute atomic E-state index is 0.182. The van der Waals surface area contributed by atoms with Crippen LogP contribution in [0.2, 0.25) is 0 Å². The van der Waals surface area contributed by atoms with E-state index in [0.29, 0.717) is 16.4 Å². The van der Waals surface area contributed by atoms with Crippen molar-refractivity contribution < 1.29 is 14.3 Å². The van der Waals surface area contributed by atoms with Gasteiger partial charge < -0.3 is 9.47 Å². The van der Waals surface area contributed by atoms with Crippen molar-refractivity contribution in [2.75, 3.05) is 19.5 Å². The van der Waals surface area contributed by atoms with Gasteiger partial charge in [-0.2, -0.15) is 0 Å². The maximum atomic E-state index is 12.4. The Morgan fingerprint density at radius 1 is 1.11 bits per heavy atom. The average Bonchev–Trinajstić information content (AvgIpc) is 3.13. The minimum atomic E-state index is -0.182. The number of hydrogen-bond donors (Lipinski definition) is 1. The lowest BCUT2D eigenvalue weighted by atomic mass is 10.1. The molecule has 0 saturated carbocycles. The SMILES string of the molecule is COc1cc(CSc2nnc(NC(=O)c3ccccc3C)s2)cc(OC)c1. The summed E-state index contributed by atoms with van der Waals surface area (Å²) < 4.78 is 11.3. The van der Waals surface area contributed by atoms with Crippen molar-refractivity contribution in [1.82, 2.24) is 10.2 Å². The zero-order chi connectivity index (χ0) is 19.2. The lowest BCUT2D eigenvalue weighted by Gasteiger charge is -2.07. The highest BCUT2D eigenvalue weighted by atomic mass is 32.2. The van der Waals surface area contributed by atoms with Gasteiger partial charge in [0, 0.05) is 17.4 Å². The highest BCUT2D eigenvalue weighted by Gasteiger charge is 2.12. The monoisotopic (exact) mass is 401 g/mol. The van der Waals surface area contributed by atoms with Crippen LogP contribution in [0.15, 0.2) is 46.8 Å². The summed E-state index contributed by atoms with van der Waals surface area (Å²) in [5, 5.41) is 11.5. The van der Waals surface area contributed by atoms with Crippen molar-refractivity contribution >= 4 is 34.1 Å². The van der Waals surface area contributed by atoms with Gasteiger partial charge in [0.2, 0.25) is 5.13 Å². The van der Waals surface area contributed by atoms with Gasteiger partial charge in [-0.15, -0.1) is 10.2 Å². The maximum absolute atomic E-state index is 12.4. The molecule has 0 aliphatic carbocycles. The second kappa shape index (κ2) is 8.88. The summed E-state index contributed by atoms with van der Waals surface area (Å²) >= 11 is 2.89. The van der Waals surface area contributed by atoms with Crippen LogP contribution in [0.3, 0.4) is 0 Å². The number of rotatable bonds is 7. The second-order valence-corrected chi connectivity index (χ2v) is 7.85. The number of methoxy groups -OCH3 is 2. The zero-order valence-corrected chi connectivity index (χ0v) is 16.8. The molecule has 0 saturated heterocycles. The van der Waals surface area contributed by atoms with Gasteiger partial charge in [-0.05, 0) is 36.2 Å². The fourth-order valence-electron chi connectivity index (χ4n) is 2.41. The van der Waals surface area contributed by atoms with E-state index < -0.39 is 0 Å². The number of hydrogen-bond acceptors (Lipinski definition) is 7. The number of aryl methyl sites for hydroxylation is 1. The van der Waals surface area contributed by atoms with E-state index in [2.05, 4.69) is 15.5 Å². The van der Waals surface area contributed by atoms with Crippen LogP contribution < -0.4 is 14.8 Å². The van der Waals surface area contributed by atoms with Gasteiger partial charge in [0.15, 0.2) is 4.34 Å². The minimum Gasteiger partial charge on any atom is -0.497 e.